The lowest BCUT2D eigenvalue weighted by molar-refractivity contribution is 0.183. The van der Waals surface area contributed by atoms with Crippen LogP contribution in [0.4, 0.5) is 0 Å². The molecular weight excluding hydrogens is 616 g/mol. The third-order valence-electron chi connectivity index (χ3n) is 9.20. The number of rotatable bonds is 12. The summed E-state index contributed by atoms with van der Waals surface area (Å²) in [5, 5.41) is 31.8. The summed E-state index contributed by atoms with van der Waals surface area (Å²) in [6, 6.07) is 11.0. The van der Waals surface area contributed by atoms with Gasteiger partial charge < -0.3 is 29.2 Å². The highest BCUT2D eigenvalue weighted by Crippen LogP contribution is 2.44. The van der Waals surface area contributed by atoms with E-state index in [1.54, 1.807) is 40.6 Å². The molecule has 0 atom stereocenters. The number of methoxy groups -OCH3 is 4. The highest BCUT2D eigenvalue weighted by molar-refractivity contribution is 6.39. The topological polar surface area (TPSA) is 146 Å². The largest absolute Gasteiger partial charge is 0.494 e. The number of hydrogen-bond donors (Lipinski definition) is 2. The second-order valence-corrected chi connectivity index (χ2v) is 11.8. The normalized spacial score (nSPS) is 13.3. The summed E-state index contributed by atoms with van der Waals surface area (Å²) in [5.41, 5.74) is -0.711. The van der Waals surface area contributed by atoms with Crippen LogP contribution in [0.5, 0.6) is 11.8 Å². The van der Waals surface area contributed by atoms with Gasteiger partial charge in [-0.15, -0.1) is 0 Å². The Hall–Kier alpha value is -4.88. The molecule has 0 aliphatic rings. The summed E-state index contributed by atoms with van der Waals surface area (Å²) in [4.78, 5) is 37.9. The molecule has 0 unspecified atom stereocenters. The first kappa shape index (κ1) is 31.7. The van der Waals surface area contributed by atoms with E-state index in [1.807, 2.05) is 24.3 Å². The molecule has 0 spiro atoms. The second kappa shape index (κ2) is 12.6. The summed E-state index contributed by atoms with van der Waals surface area (Å²) in [5.74, 6) is -0.290. The van der Waals surface area contributed by atoms with E-state index >= 15 is 0 Å². The van der Waals surface area contributed by atoms with E-state index in [2.05, 4.69) is 0 Å². The number of benzene rings is 5. The van der Waals surface area contributed by atoms with Crippen molar-refractivity contribution >= 4 is 64.6 Å². The zero-order valence-electron chi connectivity index (χ0n) is 27.3. The summed E-state index contributed by atoms with van der Waals surface area (Å²) in [6.07, 6.45) is 0. The molecule has 0 saturated heterocycles. The number of hydrogen-bond acceptors (Lipinski definition) is 10. The molecule has 0 saturated carbocycles. The van der Waals surface area contributed by atoms with Crippen molar-refractivity contribution in [3.8, 4) is 11.8 Å². The minimum atomic E-state index is -0.355. The zero-order valence-corrected chi connectivity index (χ0v) is 27.3. The average Bonchev–Trinajstić information content (AvgIpc) is 3.09. The predicted molar refractivity (Wildman–Crippen MR) is 185 cm³/mol. The van der Waals surface area contributed by atoms with Crippen molar-refractivity contribution in [3.63, 3.8) is 0 Å². The first-order valence-electron chi connectivity index (χ1n) is 15.7. The van der Waals surface area contributed by atoms with E-state index in [-0.39, 0.29) is 49.2 Å². The Morgan fingerprint density at radius 2 is 0.896 bits per heavy atom. The average molecular weight is 653 g/mol. The van der Waals surface area contributed by atoms with Crippen LogP contribution < -0.4 is 21.8 Å². The number of aromatic hydroxyl groups is 2. The summed E-state index contributed by atoms with van der Waals surface area (Å²) in [7, 11) is 6.30. The molecule has 12 heteroatoms. The third-order valence-corrected chi connectivity index (χ3v) is 9.20. The van der Waals surface area contributed by atoms with Gasteiger partial charge in [-0.05, 0) is 35.0 Å². The molecule has 0 aliphatic carbocycles. The van der Waals surface area contributed by atoms with Crippen molar-refractivity contribution in [3.05, 3.63) is 67.8 Å². The Labute approximate surface area is 273 Å². The van der Waals surface area contributed by atoms with Gasteiger partial charge in [0.1, 0.15) is 0 Å². The van der Waals surface area contributed by atoms with Crippen LogP contribution in [0, 0.1) is 0 Å². The molecule has 2 heterocycles. The number of pyridine rings is 2. The maximum absolute atomic E-state index is 14.0. The lowest BCUT2D eigenvalue weighted by atomic mass is 9.85. The fraction of sp³-hybridized carbons (Fsp3) is 0.333. The SMILES string of the molecule is COCCN=c1cc2c(=O)n(CCOC)c(O)c3ccc4c5c(=NCCOC)cc6c(=O)n(CCOC)c(O)c7ccc(c1c4c32)c5c76. The minimum Gasteiger partial charge on any atom is -0.494 e. The number of ether oxygens (including phenoxy) is 4. The molecule has 0 bridgehead atoms. The lowest BCUT2D eigenvalue weighted by Crippen LogP contribution is -2.25. The van der Waals surface area contributed by atoms with Crippen LogP contribution in [0.2, 0.25) is 0 Å². The second-order valence-electron chi connectivity index (χ2n) is 11.8. The smallest absolute Gasteiger partial charge is 0.261 e. The van der Waals surface area contributed by atoms with Gasteiger partial charge in [0, 0.05) is 71.5 Å². The Morgan fingerprint density at radius 1 is 0.521 bits per heavy atom. The van der Waals surface area contributed by atoms with Crippen molar-refractivity contribution in [2.75, 3.05) is 68.0 Å². The molecule has 0 aliphatic heterocycles. The zero-order chi connectivity index (χ0) is 33.7. The molecule has 5 aromatic carbocycles. The fourth-order valence-electron chi connectivity index (χ4n) is 7.09. The van der Waals surface area contributed by atoms with Crippen molar-refractivity contribution < 1.29 is 29.2 Å². The molecule has 0 radical (unpaired) electrons. The molecule has 0 fully saturated rings. The minimum absolute atomic E-state index is 0.145. The summed E-state index contributed by atoms with van der Waals surface area (Å²) >= 11 is 0. The molecule has 2 N–H and O–H groups in total. The van der Waals surface area contributed by atoms with E-state index in [0.717, 1.165) is 32.3 Å². The van der Waals surface area contributed by atoms with Gasteiger partial charge in [-0.25, -0.2) is 0 Å². The van der Waals surface area contributed by atoms with Crippen LogP contribution in [0.15, 0.2) is 56.0 Å². The van der Waals surface area contributed by atoms with E-state index in [1.165, 1.54) is 9.13 Å². The van der Waals surface area contributed by atoms with Gasteiger partial charge in [0.05, 0.1) is 74.1 Å². The molecule has 0 amide bonds. The maximum atomic E-state index is 14.0. The van der Waals surface area contributed by atoms with Gasteiger partial charge in [0.15, 0.2) is 0 Å². The quantitative estimate of drug-likeness (QED) is 0.116. The van der Waals surface area contributed by atoms with E-state index in [9.17, 15) is 19.8 Å². The highest BCUT2D eigenvalue weighted by Gasteiger charge is 2.25. The summed E-state index contributed by atoms with van der Waals surface area (Å²) in [6.45, 7) is 2.26. The van der Waals surface area contributed by atoms with Crippen LogP contribution in [-0.4, -0.2) is 87.3 Å². The first-order chi connectivity index (χ1) is 23.4. The molecule has 12 nitrogen and oxygen atoms in total. The number of nitrogens with zero attached hydrogens (tertiary/aromatic N) is 4. The molecular formula is C36H36N4O8. The standard InChI is InChI=1S/C36H36N4O8/c1-45-13-9-37-25-17-23-27-21(33(41)39(35(23)43)11-15-47-3)8-6-20-30-26(38-10-14-46-2)18-24-28-22(34(42)40(36(24)44)12-16-48-4)7-5-19(32(28)30)29(25)31(20)27/h5-8,17-18,41-42H,9-16H2,1-4H3. The van der Waals surface area contributed by atoms with Crippen LogP contribution in [-0.2, 0) is 32.0 Å². The van der Waals surface area contributed by atoms with Crippen molar-refractivity contribution in [1.29, 1.82) is 0 Å². The lowest BCUT2D eigenvalue weighted by Gasteiger charge is -2.21. The first-order valence-corrected chi connectivity index (χ1v) is 15.7. The molecule has 48 heavy (non-hydrogen) atoms. The molecule has 2 aromatic heterocycles. The third kappa shape index (κ3) is 4.66. The van der Waals surface area contributed by atoms with Gasteiger partial charge in [0.2, 0.25) is 11.8 Å². The van der Waals surface area contributed by atoms with Gasteiger partial charge >= 0.3 is 0 Å². The Morgan fingerprint density at radius 3 is 1.27 bits per heavy atom. The highest BCUT2D eigenvalue weighted by atomic mass is 16.5. The van der Waals surface area contributed by atoms with E-state index < -0.39 is 0 Å². The Bertz CT molecular complexity index is 2410. The maximum Gasteiger partial charge on any atom is 0.261 e. The van der Waals surface area contributed by atoms with Crippen molar-refractivity contribution in [2.45, 2.75) is 13.1 Å². The van der Waals surface area contributed by atoms with E-state index in [4.69, 9.17) is 28.9 Å². The van der Waals surface area contributed by atoms with Gasteiger partial charge in [-0.2, -0.15) is 0 Å². The van der Waals surface area contributed by atoms with Crippen molar-refractivity contribution in [1.82, 2.24) is 9.13 Å². The number of fused-ring (bicyclic) bond motifs is 2. The van der Waals surface area contributed by atoms with Gasteiger partial charge in [-0.3, -0.25) is 28.7 Å². The summed E-state index contributed by atoms with van der Waals surface area (Å²) < 4.78 is 23.7. The predicted octanol–water partition coefficient (Wildman–Crippen LogP) is 3.04. The Balaban J connectivity index is 1.78. The van der Waals surface area contributed by atoms with Crippen LogP contribution in [0.3, 0.4) is 0 Å². The van der Waals surface area contributed by atoms with Crippen LogP contribution >= 0.6 is 0 Å². The fourth-order valence-corrected chi connectivity index (χ4v) is 7.09. The van der Waals surface area contributed by atoms with Crippen LogP contribution in [0.25, 0.3) is 64.6 Å². The van der Waals surface area contributed by atoms with Gasteiger partial charge in [0.25, 0.3) is 11.1 Å². The monoisotopic (exact) mass is 652 g/mol. The number of aromatic nitrogens is 2. The molecule has 7 rings (SSSR count). The molecule has 248 valence electrons. The van der Waals surface area contributed by atoms with Crippen molar-refractivity contribution in [2.24, 2.45) is 9.98 Å². The van der Waals surface area contributed by atoms with Crippen LogP contribution in [0.1, 0.15) is 0 Å². The van der Waals surface area contributed by atoms with Gasteiger partial charge in [-0.1, -0.05) is 12.1 Å². The van der Waals surface area contributed by atoms with E-state index in [0.29, 0.717) is 69.3 Å². The Kier molecular flexibility index (Phi) is 8.34. The molecule has 7 aromatic rings.